The van der Waals surface area contributed by atoms with Gasteiger partial charge in [0.2, 0.25) is 17.7 Å². The Hall–Kier alpha value is -2.11. The van der Waals surface area contributed by atoms with Crippen LogP contribution in [0.3, 0.4) is 0 Å². The number of furan rings is 1. The summed E-state index contributed by atoms with van der Waals surface area (Å²) in [5.74, 6) is 2.73. The van der Waals surface area contributed by atoms with Gasteiger partial charge in [-0.3, -0.25) is 9.69 Å². The minimum Gasteiger partial charge on any atom is -0.461 e. The highest BCUT2D eigenvalue weighted by Gasteiger charge is 2.55. The minimum atomic E-state index is 0.0134. The molecule has 5 rings (SSSR count). The lowest BCUT2D eigenvalue weighted by Gasteiger charge is -2.55. The lowest BCUT2D eigenvalue weighted by molar-refractivity contribution is -0.121. The number of nitrogens with zero attached hydrogens (tertiary/aromatic N) is 4. The Morgan fingerprint density at radius 1 is 1.21 bits per heavy atom. The number of fused-ring (bicyclic) bond motifs is 4. The van der Waals surface area contributed by atoms with Gasteiger partial charge < -0.3 is 4.42 Å². The Labute approximate surface area is 166 Å². The van der Waals surface area contributed by atoms with E-state index in [1.165, 1.54) is 38.5 Å². The fourth-order valence-corrected chi connectivity index (χ4v) is 6.00. The normalized spacial score (nSPS) is 26.1. The highest BCUT2D eigenvalue weighted by molar-refractivity contribution is 5.93. The first-order chi connectivity index (χ1) is 13.7. The van der Waals surface area contributed by atoms with E-state index in [-0.39, 0.29) is 17.5 Å². The van der Waals surface area contributed by atoms with Crippen molar-refractivity contribution in [1.29, 1.82) is 0 Å². The Kier molecular flexibility index (Phi) is 4.52. The van der Waals surface area contributed by atoms with Crippen molar-refractivity contribution < 1.29 is 9.21 Å². The molecule has 1 aliphatic heterocycles. The number of hydrogen-bond acceptors (Lipinski definition) is 4. The zero-order valence-electron chi connectivity index (χ0n) is 16.8. The van der Waals surface area contributed by atoms with Crippen LogP contribution >= 0.6 is 0 Å². The standard InChI is InChI=1S/C22H30N4O2/c1-2-9-19(27)25-17-11-5-4-10-16(17)22(13-6-3-7-14-22)26-21(25)23-20(24-26)18-12-8-15-28-18/h8,12,15-17H,2-7,9-11,13-14H2,1H3. The van der Waals surface area contributed by atoms with Crippen LogP contribution in [0, 0.1) is 5.92 Å². The second kappa shape index (κ2) is 7.05. The largest absolute Gasteiger partial charge is 0.461 e. The Morgan fingerprint density at radius 2 is 2.04 bits per heavy atom. The topological polar surface area (TPSA) is 64.2 Å². The van der Waals surface area contributed by atoms with Crippen LogP contribution in [0.2, 0.25) is 0 Å². The summed E-state index contributed by atoms with van der Waals surface area (Å²) in [6.07, 6.45) is 13.9. The van der Waals surface area contributed by atoms with Crippen molar-refractivity contribution in [2.45, 2.75) is 89.1 Å². The van der Waals surface area contributed by atoms with Crippen molar-refractivity contribution in [3.63, 3.8) is 0 Å². The quantitative estimate of drug-likeness (QED) is 0.757. The van der Waals surface area contributed by atoms with E-state index < -0.39 is 0 Å². The Morgan fingerprint density at radius 3 is 2.79 bits per heavy atom. The first-order valence-corrected chi connectivity index (χ1v) is 11.1. The van der Waals surface area contributed by atoms with Gasteiger partial charge in [0, 0.05) is 18.4 Å². The molecule has 2 fully saturated rings. The van der Waals surface area contributed by atoms with Crippen LogP contribution in [0.25, 0.3) is 11.6 Å². The number of aromatic nitrogens is 3. The van der Waals surface area contributed by atoms with E-state index in [9.17, 15) is 4.79 Å². The van der Waals surface area contributed by atoms with Gasteiger partial charge in [0.15, 0.2) is 5.76 Å². The molecule has 6 nitrogen and oxygen atoms in total. The summed E-state index contributed by atoms with van der Waals surface area (Å²) < 4.78 is 7.75. The van der Waals surface area contributed by atoms with E-state index in [2.05, 4.69) is 11.6 Å². The summed E-state index contributed by atoms with van der Waals surface area (Å²) in [6.45, 7) is 2.07. The third-order valence-electron chi connectivity index (χ3n) is 7.17. The molecule has 2 saturated carbocycles. The predicted octanol–water partition coefficient (Wildman–Crippen LogP) is 4.90. The van der Waals surface area contributed by atoms with E-state index in [0.29, 0.717) is 23.9 Å². The molecule has 6 heteroatoms. The summed E-state index contributed by atoms with van der Waals surface area (Å²) in [4.78, 5) is 20.1. The molecule has 2 aromatic rings. The maximum atomic E-state index is 13.2. The lowest BCUT2D eigenvalue weighted by Crippen LogP contribution is -2.61. The molecule has 1 spiro atoms. The van der Waals surface area contributed by atoms with E-state index in [4.69, 9.17) is 14.5 Å². The molecule has 0 N–H and O–H groups in total. The summed E-state index contributed by atoms with van der Waals surface area (Å²) in [5.41, 5.74) is 0.0134. The van der Waals surface area contributed by atoms with E-state index in [1.54, 1.807) is 6.26 Å². The molecule has 1 amide bonds. The number of carbonyl (C=O) groups is 1. The molecule has 2 aliphatic carbocycles. The number of rotatable bonds is 3. The second-order valence-corrected chi connectivity index (χ2v) is 8.76. The monoisotopic (exact) mass is 382 g/mol. The molecular weight excluding hydrogens is 352 g/mol. The molecule has 0 bridgehead atoms. The van der Waals surface area contributed by atoms with Crippen molar-refractivity contribution >= 4 is 11.9 Å². The lowest BCUT2D eigenvalue weighted by atomic mass is 9.64. The van der Waals surface area contributed by atoms with Crippen LogP contribution in [0.5, 0.6) is 0 Å². The molecule has 0 saturated heterocycles. The SMILES string of the molecule is CCCC(=O)N1c2nc(-c3ccco3)nn2C2(CCCCC2)C2CCCCC21. The van der Waals surface area contributed by atoms with Crippen LogP contribution in [-0.4, -0.2) is 26.7 Å². The van der Waals surface area contributed by atoms with Crippen LogP contribution in [0.1, 0.15) is 77.6 Å². The summed E-state index contributed by atoms with van der Waals surface area (Å²) in [7, 11) is 0. The average molecular weight is 383 g/mol. The zero-order chi connectivity index (χ0) is 19.1. The van der Waals surface area contributed by atoms with Crippen LogP contribution in [0.15, 0.2) is 22.8 Å². The Bertz CT molecular complexity index is 835. The van der Waals surface area contributed by atoms with Crippen molar-refractivity contribution in [3.05, 3.63) is 18.4 Å². The van der Waals surface area contributed by atoms with E-state index >= 15 is 0 Å². The summed E-state index contributed by atoms with van der Waals surface area (Å²) in [5, 5.41) is 4.97. The van der Waals surface area contributed by atoms with Gasteiger partial charge in [0.25, 0.3) is 0 Å². The summed E-state index contributed by atoms with van der Waals surface area (Å²) in [6, 6.07) is 4.04. The zero-order valence-corrected chi connectivity index (χ0v) is 16.8. The van der Waals surface area contributed by atoms with Crippen LogP contribution < -0.4 is 4.90 Å². The van der Waals surface area contributed by atoms with Gasteiger partial charge in [-0.25, -0.2) is 4.68 Å². The number of anilines is 1. The second-order valence-electron chi connectivity index (χ2n) is 8.76. The van der Waals surface area contributed by atoms with E-state index in [0.717, 1.165) is 31.6 Å². The maximum Gasteiger partial charge on any atom is 0.232 e. The van der Waals surface area contributed by atoms with Gasteiger partial charge in [0.05, 0.1) is 11.8 Å². The maximum absolute atomic E-state index is 13.2. The van der Waals surface area contributed by atoms with Gasteiger partial charge in [-0.15, -0.1) is 5.10 Å². The number of hydrogen-bond donors (Lipinski definition) is 0. The first-order valence-electron chi connectivity index (χ1n) is 11.1. The average Bonchev–Trinajstić information content (AvgIpc) is 3.40. The van der Waals surface area contributed by atoms with Crippen LogP contribution in [0.4, 0.5) is 5.95 Å². The van der Waals surface area contributed by atoms with Gasteiger partial charge in [-0.1, -0.05) is 39.0 Å². The van der Waals surface area contributed by atoms with Gasteiger partial charge in [0.1, 0.15) is 0 Å². The third-order valence-corrected chi connectivity index (χ3v) is 7.17. The van der Waals surface area contributed by atoms with Crippen molar-refractivity contribution in [2.24, 2.45) is 5.92 Å². The third kappa shape index (κ3) is 2.64. The fraction of sp³-hybridized carbons (Fsp3) is 0.682. The Balaban J connectivity index is 1.68. The van der Waals surface area contributed by atoms with Gasteiger partial charge in [-0.2, -0.15) is 4.98 Å². The molecule has 2 aromatic heterocycles. The predicted molar refractivity (Wildman–Crippen MR) is 107 cm³/mol. The van der Waals surface area contributed by atoms with E-state index in [1.807, 2.05) is 17.0 Å². The van der Waals surface area contributed by atoms with Gasteiger partial charge >= 0.3 is 0 Å². The summed E-state index contributed by atoms with van der Waals surface area (Å²) >= 11 is 0. The van der Waals surface area contributed by atoms with Crippen LogP contribution in [-0.2, 0) is 10.3 Å². The molecule has 2 atom stereocenters. The highest BCUT2D eigenvalue weighted by atomic mass is 16.3. The number of amides is 1. The minimum absolute atomic E-state index is 0.0134. The molecular formula is C22H30N4O2. The van der Waals surface area contributed by atoms with Crippen molar-refractivity contribution in [3.8, 4) is 11.6 Å². The molecule has 150 valence electrons. The first kappa shape index (κ1) is 18.0. The molecule has 28 heavy (non-hydrogen) atoms. The van der Waals surface area contributed by atoms with Crippen molar-refractivity contribution in [1.82, 2.24) is 14.8 Å². The molecule has 3 heterocycles. The van der Waals surface area contributed by atoms with Crippen molar-refractivity contribution in [2.75, 3.05) is 4.90 Å². The van der Waals surface area contributed by atoms with Gasteiger partial charge in [-0.05, 0) is 44.2 Å². The molecule has 0 radical (unpaired) electrons. The highest BCUT2D eigenvalue weighted by Crippen LogP contribution is 2.53. The fourth-order valence-electron chi connectivity index (χ4n) is 6.00. The number of carbonyl (C=O) groups excluding carboxylic acids is 1. The molecule has 0 aromatic carbocycles. The molecule has 2 unspecified atom stereocenters. The smallest absolute Gasteiger partial charge is 0.232 e. The molecule has 3 aliphatic rings.